The van der Waals surface area contributed by atoms with Gasteiger partial charge in [-0.3, -0.25) is 0 Å². The number of rotatable bonds is 4. The minimum absolute atomic E-state index is 1.04. The van der Waals surface area contributed by atoms with E-state index in [-0.39, 0.29) is 0 Å². The van der Waals surface area contributed by atoms with Gasteiger partial charge >= 0.3 is 0 Å². The highest BCUT2D eigenvalue weighted by Crippen LogP contribution is 2.44. The van der Waals surface area contributed by atoms with Crippen LogP contribution >= 0.6 is 0 Å². The zero-order valence-corrected chi connectivity index (χ0v) is 15.0. The van der Waals surface area contributed by atoms with E-state index in [2.05, 4.69) is 24.3 Å². The van der Waals surface area contributed by atoms with E-state index < -0.39 is 0 Å². The summed E-state index contributed by atoms with van der Waals surface area (Å²) in [4.78, 5) is 0. The molecule has 6 unspecified atom stereocenters. The summed E-state index contributed by atoms with van der Waals surface area (Å²) >= 11 is 0. The SMILES string of the molecule is C1=CCC2CC(CCCC3CCC4CC=CCC4C3)CCC2C1. The van der Waals surface area contributed by atoms with Gasteiger partial charge in [0, 0.05) is 0 Å². The fraction of sp³-hybridized carbons (Fsp3) is 0.826. The van der Waals surface area contributed by atoms with E-state index in [9.17, 15) is 0 Å². The van der Waals surface area contributed by atoms with Crippen LogP contribution in [-0.4, -0.2) is 0 Å². The molecule has 128 valence electrons. The van der Waals surface area contributed by atoms with Gasteiger partial charge in [0.25, 0.3) is 0 Å². The van der Waals surface area contributed by atoms with E-state index in [1.807, 2.05) is 0 Å². The predicted molar refractivity (Wildman–Crippen MR) is 99.2 cm³/mol. The van der Waals surface area contributed by atoms with E-state index in [1.54, 1.807) is 12.8 Å². The molecule has 0 aliphatic heterocycles. The van der Waals surface area contributed by atoms with Crippen LogP contribution in [0.1, 0.15) is 83.5 Å². The number of hydrogen-bond acceptors (Lipinski definition) is 0. The highest BCUT2D eigenvalue weighted by molar-refractivity contribution is 4.98. The molecular weight excluding hydrogens is 276 g/mol. The number of hydrogen-bond donors (Lipinski definition) is 0. The summed E-state index contributed by atoms with van der Waals surface area (Å²) in [6.45, 7) is 0. The van der Waals surface area contributed by atoms with Gasteiger partial charge in [-0.1, -0.05) is 56.4 Å². The standard InChI is InChI=1S/C23H36/c1-3-10-22-16-18(12-14-20(22)8-1)6-5-7-19-13-15-21-9-2-4-11-23(21)17-19/h1-4,18-23H,5-17H2. The van der Waals surface area contributed by atoms with E-state index in [0.29, 0.717) is 0 Å². The largest absolute Gasteiger partial charge is 0.0882 e. The van der Waals surface area contributed by atoms with Gasteiger partial charge in [0.05, 0.1) is 0 Å². The first kappa shape index (κ1) is 16.0. The van der Waals surface area contributed by atoms with Gasteiger partial charge in [0.2, 0.25) is 0 Å². The van der Waals surface area contributed by atoms with Crippen LogP contribution < -0.4 is 0 Å². The van der Waals surface area contributed by atoms with Crippen LogP contribution in [0.15, 0.2) is 24.3 Å². The van der Waals surface area contributed by atoms with Crippen molar-refractivity contribution in [2.75, 3.05) is 0 Å². The predicted octanol–water partition coefficient (Wildman–Crippen LogP) is 6.92. The van der Waals surface area contributed by atoms with Gasteiger partial charge < -0.3 is 0 Å². The van der Waals surface area contributed by atoms with Gasteiger partial charge in [-0.25, -0.2) is 0 Å². The number of allylic oxidation sites excluding steroid dienone is 4. The summed E-state index contributed by atoms with van der Waals surface area (Å²) in [5.41, 5.74) is 0. The molecule has 4 rings (SSSR count). The minimum Gasteiger partial charge on any atom is -0.0882 e. The van der Waals surface area contributed by atoms with Crippen LogP contribution in [0.25, 0.3) is 0 Å². The summed E-state index contributed by atoms with van der Waals surface area (Å²) in [5, 5.41) is 0. The molecule has 0 aromatic carbocycles. The Kier molecular flexibility index (Phi) is 5.26. The van der Waals surface area contributed by atoms with Crippen molar-refractivity contribution in [2.24, 2.45) is 35.5 Å². The van der Waals surface area contributed by atoms with Crippen molar-refractivity contribution in [1.82, 2.24) is 0 Å². The molecule has 6 atom stereocenters. The summed E-state index contributed by atoms with van der Waals surface area (Å²) in [5.74, 6) is 6.32. The topological polar surface area (TPSA) is 0 Å². The normalized spacial score (nSPS) is 43.0. The van der Waals surface area contributed by atoms with Crippen molar-refractivity contribution in [3.8, 4) is 0 Å². The lowest BCUT2D eigenvalue weighted by atomic mass is 9.67. The second kappa shape index (κ2) is 7.58. The van der Waals surface area contributed by atoms with Gasteiger partial charge in [-0.05, 0) is 86.9 Å². The van der Waals surface area contributed by atoms with E-state index in [4.69, 9.17) is 0 Å². The lowest BCUT2D eigenvalue weighted by Gasteiger charge is -2.39. The molecule has 4 aliphatic rings. The van der Waals surface area contributed by atoms with Crippen LogP contribution in [0.5, 0.6) is 0 Å². The van der Waals surface area contributed by atoms with Crippen LogP contribution in [0, 0.1) is 35.5 Å². The Morgan fingerprint density at radius 3 is 1.43 bits per heavy atom. The molecule has 0 heterocycles. The van der Waals surface area contributed by atoms with Crippen molar-refractivity contribution in [2.45, 2.75) is 83.5 Å². The molecule has 0 amide bonds. The van der Waals surface area contributed by atoms with Gasteiger partial charge in [-0.2, -0.15) is 0 Å². The zero-order chi connectivity index (χ0) is 15.5. The first-order valence-electron chi connectivity index (χ1n) is 10.7. The third-order valence-electron chi connectivity index (χ3n) is 7.81. The second-order valence-electron chi connectivity index (χ2n) is 9.21. The summed E-state index contributed by atoms with van der Waals surface area (Å²) in [6.07, 6.45) is 29.2. The molecule has 0 heteroatoms. The molecular formula is C23H36. The average molecular weight is 313 g/mol. The fourth-order valence-electron chi connectivity index (χ4n) is 6.35. The molecule has 0 radical (unpaired) electrons. The molecule has 0 aromatic heterocycles. The van der Waals surface area contributed by atoms with Crippen molar-refractivity contribution in [1.29, 1.82) is 0 Å². The Labute approximate surface area is 143 Å². The molecule has 23 heavy (non-hydrogen) atoms. The Bertz CT molecular complexity index is 391. The van der Waals surface area contributed by atoms with Gasteiger partial charge in [-0.15, -0.1) is 0 Å². The Hall–Kier alpha value is -0.520. The second-order valence-corrected chi connectivity index (χ2v) is 9.21. The zero-order valence-electron chi connectivity index (χ0n) is 15.0. The summed E-state index contributed by atoms with van der Waals surface area (Å²) < 4.78 is 0. The highest BCUT2D eigenvalue weighted by Gasteiger charge is 2.32. The first-order chi connectivity index (χ1) is 11.4. The van der Waals surface area contributed by atoms with Gasteiger partial charge in [0.1, 0.15) is 0 Å². The monoisotopic (exact) mass is 312 g/mol. The molecule has 4 aliphatic carbocycles. The van der Waals surface area contributed by atoms with Crippen LogP contribution in [0.2, 0.25) is 0 Å². The molecule has 0 N–H and O–H groups in total. The quantitative estimate of drug-likeness (QED) is 0.494. The van der Waals surface area contributed by atoms with Crippen molar-refractivity contribution < 1.29 is 0 Å². The van der Waals surface area contributed by atoms with Crippen molar-refractivity contribution >= 4 is 0 Å². The lowest BCUT2D eigenvalue weighted by Crippen LogP contribution is -2.27. The molecule has 0 nitrogen and oxygen atoms in total. The molecule has 0 aromatic rings. The molecule has 0 saturated heterocycles. The molecule has 2 fully saturated rings. The maximum atomic E-state index is 2.46. The third kappa shape index (κ3) is 3.94. The Morgan fingerprint density at radius 1 is 0.522 bits per heavy atom. The van der Waals surface area contributed by atoms with E-state index >= 15 is 0 Å². The van der Waals surface area contributed by atoms with Crippen LogP contribution in [-0.2, 0) is 0 Å². The third-order valence-corrected chi connectivity index (χ3v) is 7.81. The van der Waals surface area contributed by atoms with Crippen LogP contribution in [0.4, 0.5) is 0 Å². The first-order valence-corrected chi connectivity index (χ1v) is 10.7. The highest BCUT2D eigenvalue weighted by atomic mass is 14.4. The van der Waals surface area contributed by atoms with E-state index in [0.717, 1.165) is 35.5 Å². The molecule has 0 bridgehead atoms. The minimum atomic E-state index is 1.04. The summed E-state index contributed by atoms with van der Waals surface area (Å²) in [6, 6.07) is 0. The Morgan fingerprint density at radius 2 is 0.957 bits per heavy atom. The maximum absolute atomic E-state index is 2.46. The van der Waals surface area contributed by atoms with E-state index in [1.165, 1.54) is 70.6 Å². The fourth-order valence-corrected chi connectivity index (χ4v) is 6.35. The lowest BCUT2D eigenvalue weighted by molar-refractivity contribution is 0.150. The van der Waals surface area contributed by atoms with Crippen molar-refractivity contribution in [3.05, 3.63) is 24.3 Å². The Balaban J connectivity index is 1.17. The maximum Gasteiger partial charge on any atom is -0.0319 e. The average Bonchev–Trinajstić information content (AvgIpc) is 2.61. The number of fused-ring (bicyclic) bond motifs is 2. The summed E-state index contributed by atoms with van der Waals surface area (Å²) in [7, 11) is 0. The van der Waals surface area contributed by atoms with Crippen LogP contribution in [0.3, 0.4) is 0 Å². The molecule has 0 spiro atoms. The van der Waals surface area contributed by atoms with Gasteiger partial charge in [0.15, 0.2) is 0 Å². The smallest absolute Gasteiger partial charge is 0.0319 e. The molecule has 2 saturated carbocycles. The van der Waals surface area contributed by atoms with Crippen molar-refractivity contribution in [3.63, 3.8) is 0 Å².